The van der Waals surface area contributed by atoms with E-state index < -0.39 is 0 Å². The minimum Gasteiger partial charge on any atom is -0.325 e. The number of carbonyl (C=O) groups excluding carboxylic acids is 1. The highest BCUT2D eigenvalue weighted by Gasteiger charge is 2.13. The smallest absolute Gasteiger partial charge is 0.228 e. The molecule has 0 saturated heterocycles. The Morgan fingerprint density at radius 2 is 1.74 bits per heavy atom. The van der Waals surface area contributed by atoms with Crippen LogP contribution in [0.25, 0.3) is 20.8 Å². The van der Waals surface area contributed by atoms with Crippen LogP contribution < -0.4 is 5.32 Å². The molecule has 4 heteroatoms. The summed E-state index contributed by atoms with van der Waals surface area (Å²) in [5, 5.41) is 3.98. The molecule has 1 heterocycles. The van der Waals surface area contributed by atoms with E-state index >= 15 is 0 Å². The van der Waals surface area contributed by atoms with Gasteiger partial charge in [0.2, 0.25) is 5.91 Å². The van der Waals surface area contributed by atoms with Gasteiger partial charge in [-0.2, -0.15) is 0 Å². The number of fused-ring (bicyclic) bond motifs is 1. The van der Waals surface area contributed by atoms with E-state index in [0.717, 1.165) is 32.0 Å². The lowest BCUT2D eigenvalue weighted by atomic mass is 10.0. The van der Waals surface area contributed by atoms with Crippen molar-refractivity contribution < 1.29 is 4.79 Å². The first kappa shape index (κ1) is 17.4. The maximum Gasteiger partial charge on any atom is 0.228 e. The van der Waals surface area contributed by atoms with Gasteiger partial charge in [0.05, 0.1) is 22.3 Å². The Bertz CT molecular complexity index is 1100. The van der Waals surface area contributed by atoms with Gasteiger partial charge < -0.3 is 5.32 Å². The molecular weight excluding hydrogens is 352 g/mol. The number of para-hydroxylation sites is 2. The first-order valence-electron chi connectivity index (χ1n) is 8.91. The number of hydrogen-bond donors (Lipinski definition) is 1. The van der Waals surface area contributed by atoms with Crippen molar-refractivity contribution >= 4 is 33.1 Å². The lowest BCUT2D eigenvalue weighted by Crippen LogP contribution is -2.15. The van der Waals surface area contributed by atoms with Crippen molar-refractivity contribution in [1.29, 1.82) is 0 Å². The van der Waals surface area contributed by atoms with Gasteiger partial charge in [-0.25, -0.2) is 4.98 Å². The maximum absolute atomic E-state index is 12.6. The van der Waals surface area contributed by atoms with Gasteiger partial charge in [-0.15, -0.1) is 11.3 Å². The Kier molecular flexibility index (Phi) is 4.73. The number of aromatic nitrogens is 1. The van der Waals surface area contributed by atoms with Crippen LogP contribution in [0.15, 0.2) is 66.7 Å². The zero-order valence-corrected chi connectivity index (χ0v) is 16.1. The van der Waals surface area contributed by atoms with Crippen molar-refractivity contribution in [2.24, 2.45) is 0 Å². The Hall–Kier alpha value is -2.98. The fraction of sp³-hybridized carbons (Fsp3) is 0.130. The molecule has 27 heavy (non-hydrogen) atoms. The third-order valence-electron chi connectivity index (χ3n) is 4.66. The topological polar surface area (TPSA) is 42.0 Å². The molecule has 1 amide bonds. The van der Waals surface area contributed by atoms with Gasteiger partial charge in [0.25, 0.3) is 0 Å². The normalized spacial score (nSPS) is 10.9. The van der Waals surface area contributed by atoms with E-state index in [0.29, 0.717) is 6.42 Å². The van der Waals surface area contributed by atoms with Gasteiger partial charge in [-0.3, -0.25) is 4.79 Å². The minimum atomic E-state index is -0.0215. The Balaban J connectivity index is 1.59. The minimum absolute atomic E-state index is 0.0215. The van der Waals surface area contributed by atoms with E-state index in [-0.39, 0.29) is 5.91 Å². The standard InChI is InChI=1S/C23H20N2OS/c1-15-11-12-17(13-16(15)2)14-22(26)24-19-8-4-3-7-18(19)23-25-20-9-5-6-10-21(20)27-23/h3-13H,14H2,1-2H3,(H,24,26). The highest BCUT2D eigenvalue weighted by Crippen LogP contribution is 2.34. The van der Waals surface area contributed by atoms with Crippen LogP contribution >= 0.6 is 11.3 Å². The van der Waals surface area contributed by atoms with Crippen molar-refractivity contribution in [3.63, 3.8) is 0 Å². The number of rotatable bonds is 4. The van der Waals surface area contributed by atoms with Gasteiger partial charge in [0, 0.05) is 5.56 Å². The summed E-state index contributed by atoms with van der Waals surface area (Å²) in [6.07, 6.45) is 0.356. The third kappa shape index (κ3) is 3.76. The molecule has 134 valence electrons. The van der Waals surface area contributed by atoms with Crippen LogP contribution in [0.4, 0.5) is 5.69 Å². The lowest BCUT2D eigenvalue weighted by Gasteiger charge is -2.10. The number of aryl methyl sites for hydroxylation is 2. The molecule has 3 aromatic carbocycles. The van der Waals surface area contributed by atoms with Crippen LogP contribution in [0.1, 0.15) is 16.7 Å². The lowest BCUT2D eigenvalue weighted by molar-refractivity contribution is -0.115. The molecule has 4 rings (SSSR count). The van der Waals surface area contributed by atoms with Gasteiger partial charge >= 0.3 is 0 Å². The second kappa shape index (κ2) is 7.33. The van der Waals surface area contributed by atoms with Crippen LogP contribution in [0.2, 0.25) is 0 Å². The highest BCUT2D eigenvalue weighted by molar-refractivity contribution is 7.21. The SMILES string of the molecule is Cc1ccc(CC(=O)Nc2ccccc2-c2nc3ccccc3s2)cc1C. The van der Waals surface area contributed by atoms with Gasteiger partial charge in [-0.05, 0) is 54.8 Å². The van der Waals surface area contributed by atoms with E-state index in [1.807, 2.05) is 48.5 Å². The molecule has 0 atom stereocenters. The number of benzene rings is 3. The number of nitrogens with zero attached hydrogens (tertiary/aromatic N) is 1. The zero-order valence-electron chi connectivity index (χ0n) is 15.3. The highest BCUT2D eigenvalue weighted by atomic mass is 32.1. The number of anilines is 1. The summed E-state index contributed by atoms with van der Waals surface area (Å²) in [5.41, 5.74) is 6.19. The predicted octanol–water partition coefficient (Wildman–Crippen LogP) is 5.76. The van der Waals surface area contributed by atoms with E-state index in [1.165, 1.54) is 11.1 Å². The van der Waals surface area contributed by atoms with Crippen LogP contribution in [0.3, 0.4) is 0 Å². The number of amides is 1. The summed E-state index contributed by atoms with van der Waals surface area (Å²) in [5.74, 6) is -0.0215. The van der Waals surface area contributed by atoms with Crippen molar-refractivity contribution in [2.75, 3.05) is 5.32 Å². The van der Waals surface area contributed by atoms with Crippen LogP contribution in [-0.4, -0.2) is 10.9 Å². The predicted molar refractivity (Wildman–Crippen MR) is 113 cm³/mol. The molecule has 4 aromatic rings. The molecule has 0 saturated carbocycles. The quantitative estimate of drug-likeness (QED) is 0.495. The number of carbonyl (C=O) groups is 1. The second-order valence-electron chi connectivity index (χ2n) is 6.68. The molecule has 0 aliphatic carbocycles. The molecule has 3 nitrogen and oxygen atoms in total. The van der Waals surface area contributed by atoms with Gasteiger partial charge in [0.1, 0.15) is 5.01 Å². The number of nitrogens with one attached hydrogen (secondary N) is 1. The molecule has 1 N–H and O–H groups in total. The fourth-order valence-electron chi connectivity index (χ4n) is 3.06. The van der Waals surface area contributed by atoms with Gasteiger partial charge in [0.15, 0.2) is 0 Å². The van der Waals surface area contributed by atoms with Crippen LogP contribution in [0, 0.1) is 13.8 Å². The average molecular weight is 372 g/mol. The molecule has 0 aliphatic heterocycles. The summed E-state index contributed by atoms with van der Waals surface area (Å²) in [7, 11) is 0. The molecule has 1 aromatic heterocycles. The van der Waals surface area contributed by atoms with E-state index in [9.17, 15) is 4.79 Å². The summed E-state index contributed by atoms with van der Waals surface area (Å²) >= 11 is 1.64. The van der Waals surface area contributed by atoms with Crippen LogP contribution in [-0.2, 0) is 11.2 Å². The fourth-order valence-corrected chi connectivity index (χ4v) is 4.06. The summed E-state index contributed by atoms with van der Waals surface area (Å²) in [6.45, 7) is 4.15. The summed E-state index contributed by atoms with van der Waals surface area (Å²) in [4.78, 5) is 17.3. The van der Waals surface area contributed by atoms with Gasteiger partial charge in [-0.1, -0.05) is 42.5 Å². The third-order valence-corrected chi connectivity index (χ3v) is 5.73. The number of hydrogen-bond acceptors (Lipinski definition) is 3. The molecule has 0 radical (unpaired) electrons. The zero-order chi connectivity index (χ0) is 18.8. The number of thiazole rings is 1. The maximum atomic E-state index is 12.6. The van der Waals surface area contributed by atoms with E-state index in [1.54, 1.807) is 11.3 Å². The first-order valence-corrected chi connectivity index (χ1v) is 9.73. The molecule has 0 spiro atoms. The second-order valence-corrected chi connectivity index (χ2v) is 7.71. The average Bonchev–Trinajstić information content (AvgIpc) is 3.09. The first-order chi connectivity index (χ1) is 13.1. The van der Waals surface area contributed by atoms with Crippen molar-refractivity contribution in [3.8, 4) is 10.6 Å². The molecule has 0 aliphatic rings. The molecule has 0 fully saturated rings. The monoisotopic (exact) mass is 372 g/mol. The van der Waals surface area contributed by atoms with E-state index in [2.05, 4.69) is 37.4 Å². The molecular formula is C23H20N2OS. The Morgan fingerprint density at radius 1 is 0.963 bits per heavy atom. The Morgan fingerprint density at radius 3 is 2.56 bits per heavy atom. The summed E-state index contributed by atoms with van der Waals surface area (Å²) < 4.78 is 1.14. The Labute approximate surface area is 162 Å². The molecule has 0 bridgehead atoms. The summed E-state index contributed by atoms with van der Waals surface area (Å²) in [6, 6.07) is 22.1. The van der Waals surface area contributed by atoms with E-state index in [4.69, 9.17) is 4.98 Å². The van der Waals surface area contributed by atoms with Crippen molar-refractivity contribution in [2.45, 2.75) is 20.3 Å². The van der Waals surface area contributed by atoms with Crippen LogP contribution in [0.5, 0.6) is 0 Å². The van der Waals surface area contributed by atoms with Crippen molar-refractivity contribution in [1.82, 2.24) is 4.98 Å². The molecule has 0 unspecified atom stereocenters. The largest absolute Gasteiger partial charge is 0.325 e. The van der Waals surface area contributed by atoms with Crippen molar-refractivity contribution in [3.05, 3.63) is 83.4 Å².